The lowest BCUT2D eigenvalue weighted by Crippen LogP contribution is -2.17. The Kier molecular flexibility index (Phi) is 3.65. The quantitative estimate of drug-likeness (QED) is 0.0873. The van der Waals surface area contributed by atoms with Gasteiger partial charge in [0.2, 0.25) is 0 Å². The van der Waals surface area contributed by atoms with Gasteiger partial charge in [0, 0.05) is 61.7 Å². The monoisotopic (exact) mass is 598 g/mol. The smallest absolute Gasteiger partial charge is 0.339 e. The summed E-state index contributed by atoms with van der Waals surface area (Å²) in [5.41, 5.74) is -5.71. The van der Waals surface area contributed by atoms with Crippen LogP contribution in [0.3, 0.4) is 0 Å². The van der Waals surface area contributed by atoms with E-state index in [1.165, 1.54) is 0 Å². The summed E-state index contributed by atoms with van der Waals surface area (Å²) in [6.07, 6.45) is -88.2. The molecule has 0 bridgehead atoms. The van der Waals surface area contributed by atoms with Crippen molar-refractivity contribution in [1.82, 2.24) is 0 Å². The van der Waals surface area contributed by atoms with Crippen molar-refractivity contribution in [2.24, 2.45) is 0 Å². The van der Waals surface area contributed by atoms with Gasteiger partial charge in [0.05, 0.1) is 44.6 Å². The number of carbonyl (C=O) groups is 3. The third-order valence-corrected chi connectivity index (χ3v) is 3.22. The van der Waals surface area contributed by atoms with Crippen LogP contribution in [0.15, 0.2) is 18.2 Å². The molecule has 0 saturated carbocycles. The van der Waals surface area contributed by atoms with Crippen LogP contribution in [-0.4, -0.2) is 37.6 Å². The highest BCUT2D eigenvalue weighted by molar-refractivity contribution is 6.05. The first kappa shape index (κ1) is 6.06. The Morgan fingerprint density at radius 2 is 0.923 bits per heavy atom. The molecule has 0 N–H and O–H groups in total. The minimum Gasteiger partial charge on any atom is -0.462 e. The topological polar surface area (TPSA) is 78.9 Å². The van der Waals surface area contributed by atoms with Crippen LogP contribution in [0.25, 0.3) is 0 Å². The van der Waals surface area contributed by atoms with E-state index < -0.39 is 190 Å². The van der Waals surface area contributed by atoms with Gasteiger partial charge in [-0.1, -0.05) is 116 Å². The van der Waals surface area contributed by atoms with Gasteiger partial charge in [-0.15, -0.1) is 0 Å². The van der Waals surface area contributed by atoms with E-state index in [1.54, 1.807) is 0 Å². The summed E-state index contributed by atoms with van der Waals surface area (Å²) in [6.45, 7) is -27.6. The van der Waals surface area contributed by atoms with Gasteiger partial charge in [-0.05, 0) is 37.3 Å². The van der Waals surface area contributed by atoms with Crippen LogP contribution in [0.1, 0.15) is 236 Å². The minimum atomic E-state index is -5.14. The van der Waals surface area contributed by atoms with Gasteiger partial charge in [-0.25, -0.2) is 14.4 Å². The molecule has 6 heteroatoms. The molecule has 1 aromatic carbocycles. The maximum Gasteiger partial charge on any atom is 0.339 e. The number of hydrogen-bond acceptors (Lipinski definition) is 6. The molecule has 39 heavy (non-hydrogen) atoms. The Bertz CT molecular complexity index is 2840. The molecular weight excluding hydrogens is 492 g/mol. The standard InChI is InChI=1S/C33H54O6/c1-4-7-10-13-16-19-24-37-31(34)28-22-23-29(32(35)38-25-20-17-14-11-8-5-2)30(27-28)33(36)39-26-21-18-15-12-9-6-3/h22-23,27H,4-21,24-26H2,1-3H3/i1D3,2D3,3D3,4D2,5D2,6D2,7D2,8D2,9D2,10D2,11D2,12D2,13D2,14D2,15D2,16D2,17D2,18D2,19D2,20D2,21D2,24D2,25D2,26D2. The predicted octanol–water partition coefficient (Wildman–Crippen LogP) is 9.24. The summed E-state index contributed by atoms with van der Waals surface area (Å²) < 4.78 is 421. The molecule has 0 aliphatic heterocycles. The first-order chi connectivity index (χ1) is 38.2. The Morgan fingerprint density at radius 1 is 0.538 bits per heavy atom. The fraction of sp³-hybridized carbons (Fsp3) is 0.727. The zero-order chi connectivity index (χ0) is 73.7. The van der Waals surface area contributed by atoms with E-state index in [0.29, 0.717) is 0 Å². The van der Waals surface area contributed by atoms with Crippen molar-refractivity contribution in [3.8, 4) is 0 Å². The summed E-state index contributed by atoms with van der Waals surface area (Å²) in [7, 11) is 0. The Balaban J connectivity index is 4.51. The summed E-state index contributed by atoms with van der Waals surface area (Å²) in [4.78, 5) is 41.9. The van der Waals surface area contributed by atoms with E-state index in [1.807, 2.05) is 0 Å². The van der Waals surface area contributed by atoms with Crippen molar-refractivity contribution in [2.45, 2.75) is 135 Å². The minimum absolute atomic E-state index is 0.00596. The van der Waals surface area contributed by atoms with E-state index in [-0.39, 0.29) is 18.2 Å². The molecule has 0 unspecified atom stereocenters. The van der Waals surface area contributed by atoms with Gasteiger partial charge in [-0.3, -0.25) is 0 Å². The third-order valence-electron chi connectivity index (χ3n) is 3.22. The summed E-state index contributed by atoms with van der Waals surface area (Å²) in [5.74, 6) is -8.21. The van der Waals surface area contributed by atoms with Gasteiger partial charge >= 0.3 is 17.9 Å². The Hall–Kier alpha value is -2.37. The average molecular weight is 598 g/mol. The molecule has 6 nitrogen and oxygen atoms in total. The van der Waals surface area contributed by atoms with E-state index in [0.717, 1.165) is 0 Å². The molecule has 0 aliphatic carbocycles. The fourth-order valence-electron chi connectivity index (χ4n) is 1.85. The number of carbonyl (C=O) groups excluding carboxylic acids is 3. The van der Waals surface area contributed by atoms with Gasteiger partial charge in [0.15, 0.2) is 0 Å². The molecule has 0 atom stereocenters. The fourth-order valence-corrected chi connectivity index (χ4v) is 1.85. The van der Waals surface area contributed by atoms with Crippen molar-refractivity contribution in [1.29, 1.82) is 0 Å². The second-order valence-electron chi connectivity index (χ2n) is 5.49. The zero-order valence-electron chi connectivity index (χ0n) is 70.2. The molecule has 0 aliphatic rings. The van der Waals surface area contributed by atoms with Crippen LogP contribution in [0.2, 0.25) is 0 Å². The van der Waals surface area contributed by atoms with Gasteiger partial charge < -0.3 is 14.2 Å². The highest BCUT2D eigenvalue weighted by Gasteiger charge is 2.22. The summed E-state index contributed by atoms with van der Waals surface area (Å²) in [5, 5.41) is 0. The normalized spacial score (nSPS) is 38.9. The Labute approximate surface area is 309 Å². The van der Waals surface area contributed by atoms with Crippen LogP contribution in [0, 0.1) is 0 Å². The number of rotatable bonds is 24. The van der Waals surface area contributed by atoms with Crippen molar-refractivity contribution in [3.63, 3.8) is 0 Å². The average Bonchev–Trinajstić information content (AvgIpc) is 0.712. The lowest BCUT2D eigenvalue weighted by Gasteiger charge is -2.12. The maximum absolute atomic E-state index is 14.2. The predicted molar refractivity (Wildman–Crippen MR) is 157 cm³/mol. The molecule has 1 aromatic rings. The van der Waals surface area contributed by atoms with Crippen molar-refractivity contribution >= 4 is 17.9 Å². The molecular formula is C33H54O6. The molecule has 0 amide bonds. The van der Waals surface area contributed by atoms with Gasteiger partial charge in [0.1, 0.15) is 0 Å². The number of ether oxygens (including phenoxy) is 3. The first-order valence-electron chi connectivity index (χ1n) is 35.1. The second kappa shape index (κ2) is 23.5. The largest absolute Gasteiger partial charge is 0.462 e. The van der Waals surface area contributed by atoms with Crippen molar-refractivity contribution in [3.05, 3.63) is 34.9 Å². The van der Waals surface area contributed by atoms with Crippen molar-refractivity contribution in [2.75, 3.05) is 19.7 Å². The van der Waals surface area contributed by atoms with Gasteiger partial charge in [-0.2, -0.15) is 0 Å². The van der Waals surface area contributed by atoms with E-state index >= 15 is 0 Å². The maximum atomic E-state index is 14.2. The van der Waals surface area contributed by atoms with E-state index in [2.05, 4.69) is 14.2 Å². The molecule has 0 saturated heterocycles. The number of esters is 3. The van der Waals surface area contributed by atoms with Crippen LogP contribution in [-0.2, 0) is 14.2 Å². The molecule has 1 rings (SSSR count). The summed E-state index contributed by atoms with van der Waals surface area (Å²) in [6, 6.07) is -0.452. The molecule has 222 valence electrons. The zero-order valence-corrected chi connectivity index (χ0v) is 19.2. The van der Waals surface area contributed by atoms with Gasteiger partial charge in [0.25, 0.3) is 0 Å². The van der Waals surface area contributed by atoms with Crippen LogP contribution in [0.5, 0.6) is 0 Å². The molecule has 0 radical (unpaired) electrons. The van der Waals surface area contributed by atoms with E-state index in [4.69, 9.17) is 69.9 Å². The lowest BCUT2D eigenvalue weighted by molar-refractivity contribution is 0.0448. The Morgan fingerprint density at radius 3 is 1.38 bits per heavy atom. The van der Waals surface area contributed by atoms with Crippen molar-refractivity contribution < 1.29 is 98.5 Å². The number of benzene rings is 1. The highest BCUT2D eigenvalue weighted by Crippen LogP contribution is 2.18. The summed E-state index contributed by atoms with van der Waals surface area (Å²) >= 11 is 0. The van der Waals surface area contributed by atoms with E-state index in [9.17, 15) is 14.4 Å². The molecule has 0 fully saturated rings. The molecule has 0 spiro atoms. The third kappa shape index (κ3) is 16.4. The second-order valence-corrected chi connectivity index (χ2v) is 5.49. The van der Waals surface area contributed by atoms with Crippen LogP contribution >= 0.6 is 0 Å². The first-order valence-corrected chi connectivity index (χ1v) is 9.58. The highest BCUT2D eigenvalue weighted by atomic mass is 16.5. The molecule has 0 heterocycles. The van der Waals surface area contributed by atoms with Crippen LogP contribution in [0.4, 0.5) is 0 Å². The SMILES string of the molecule is [2H]C([2H])([2H])C([2H])([2H])C([2H])([2H])C([2H])([2H])C([2H])([2H])C([2H])([2H])C([2H])([2H])C([2H])([2H])OC(=O)c1ccc(C(=O)OC([2H])([2H])C([2H])([2H])C([2H])([2H])C([2H])([2H])C([2H])([2H])C([2H])([2H])C([2H])([2H])C([2H])([2H])[2H])c(C(=O)OC([2H])([2H])C([2H])([2H])C([2H])([2H])C([2H])([2H])C([2H])([2H])C([2H])([2H])C([2H])([2H])C([2H])([2H])[2H])c1. The van der Waals surface area contributed by atoms with Crippen LogP contribution < -0.4 is 0 Å². The number of hydrogen-bond donors (Lipinski definition) is 0. The molecule has 0 aromatic heterocycles. The lowest BCUT2D eigenvalue weighted by atomic mass is 10.0.